The molecule has 4 bridgehead atoms. The average molecular weight is 396 g/mol. The van der Waals surface area contributed by atoms with Crippen molar-refractivity contribution in [3.05, 3.63) is 23.8 Å². The highest BCUT2D eigenvalue weighted by atomic mass is 19.1. The first-order chi connectivity index (χ1) is 13.8. The lowest BCUT2D eigenvalue weighted by atomic mass is 9.50. The fourth-order valence-corrected chi connectivity index (χ4v) is 6.54. The number of hydrogen-bond acceptors (Lipinski definition) is 4. The number of hydrogen-bond donors (Lipinski definition) is 1. The fourth-order valence-electron chi connectivity index (χ4n) is 6.54. The van der Waals surface area contributed by atoms with Crippen molar-refractivity contribution in [2.75, 3.05) is 7.11 Å². The number of methoxy groups -OCH3 is 1. The van der Waals surface area contributed by atoms with E-state index < -0.39 is 11.7 Å². The molecule has 1 N–H and O–H groups in total. The molecule has 3 atom stereocenters. The maximum atomic E-state index is 14.9. The first-order valence-electron chi connectivity index (χ1n) is 10.2. The fraction of sp³-hybridized carbons (Fsp3) is 0.591. The predicted molar refractivity (Wildman–Crippen MR) is 105 cm³/mol. The van der Waals surface area contributed by atoms with E-state index in [0.29, 0.717) is 16.6 Å². The highest BCUT2D eigenvalue weighted by molar-refractivity contribution is 5.91. The van der Waals surface area contributed by atoms with Crippen LogP contribution in [0.25, 0.3) is 11.0 Å². The summed E-state index contributed by atoms with van der Waals surface area (Å²) in [6, 6.07) is 2.77. The summed E-state index contributed by atoms with van der Waals surface area (Å²) in [4.78, 5) is 22.8. The third-order valence-corrected chi connectivity index (χ3v) is 7.45. The molecule has 6 rings (SSSR count). The topological polar surface area (TPSA) is 82.0 Å². The number of aromatic nitrogens is 2. The number of amides is 1. The number of nitrogens with zero attached hydrogens (tertiary/aromatic N) is 3. The van der Waals surface area contributed by atoms with E-state index in [-0.39, 0.29) is 34.6 Å². The first kappa shape index (κ1) is 18.4. The molecule has 0 radical (unpaired) electrons. The number of piperidine rings is 2. The number of rotatable bonds is 3. The van der Waals surface area contributed by atoms with Crippen molar-refractivity contribution < 1.29 is 13.9 Å². The van der Waals surface area contributed by atoms with Crippen LogP contribution in [0.15, 0.2) is 12.4 Å². The minimum atomic E-state index is -0.504. The van der Waals surface area contributed by atoms with Gasteiger partial charge >= 0.3 is 0 Å². The largest absolute Gasteiger partial charge is 0.492 e. The maximum absolute atomic E-state index is 14.9. The summed E-state index contributed by atoms with van der Waals surface area (Å²) in [6.07, 6.45) is 7.37. The van der Waals surface area contributed by atoms with Gasteiger partial charge in [0.2, 0.25) is 5.91 Å². The van der Waals surface area contributed by atoms with Gasteiger partial charge in [0.25, 0.3) is 0 Å². The van der Waals surface area contributed by atoms with Crippen molar-refractivity contribution in [2.45, 2.75) is 64.0 Å². The van der Waals surface area contributed by atoms with Crippen molar-refractivity contribution in [1.82, 2.24) is 14.9 Å². The molecule has 2 aromatic heterocycles. The monoisotopic (exact) mass is 396 g/mol. The van der Waals surface area contributed by atoms with E-state index >= 15 is 0 Å². The predicted octanol–water partition coefficient (Wildman–Crippen LogP) is 3.89. The van der Waals surface area contributed by atoms with Gasteiger partial charge in [0, 0.05) is 18.3 Å². The Balaban J connectivity index is 1.50. The van der Waals surface area contributed by atoms with Crippen LogP contribution in [0.1, 0.15) is 57.4 Å². The highest BCUT2D eigenvalue weighted by Gasteiger charge is 2.60. The van der Waals surface area contributed by atoms with Gasteiger partial charge in [-0.3, -0.25) is 4.79 Å². The van der Waals surface area contributed by atoms with Crippen LogP contribution in [0.2, 0.25) is 0 Å². The van der Waals surface area contributed by atoms with E-state index in [1.807, 2.05) is 11.8 Å². The van der Waals surface area contributed by atoms with Gasteiger partial charge in [-0.05, 0) is 50.0 Å². The SMILES string of the molecule is COc1cnc2[nH]cc(C(C)C(=O)N3C4CC5(C)CC3CC(C#N)(C4)C5)c2c1F. The Morgan fingerprint density at radius 3 is 2.72 bits per heavy atom. The summed E-state index contributed by atoms with van der Waals surface area (Å²) in [5, 5.41) is 10.1. The van der Waals surface area contributed by atoms with Crippen LogP contribution in [0.3, 0.4) is 0 Å². The number of H-pyrrole nitrogens is 1. The van der Waals surface area contributed by atoms with Gasteiger partial charge in [-0.1, -0.05) is 6.92 Å². The van der Waals surface area contributed by atoms with E-state index in [2.05, 4.69) is 23.0 Å². The number of carbonyl (C=O) groups is 1. The highest BCUT2D eigenvalue weighted by Crippen LogP contribution is 2.61. The number of nitriles is 1. The van der Waals surface area contributed by atoms with Crippen LogP contribution in [-0.4, -0.2) is 40.0 Å². The van der Waals surface area contributed by atoms with Crippen LogP contribution in [0.4, 0.5) is 4.39 Å². The molecular weight excluding hydrogens is 371 g/mol. The molecule has 152 valence electrons. The van der Waals surface area contributed by atoms with E-state index in [9.17, 15) is 14.4 Å². The molecule has 7 heteroatoms. The van der Waals surface area contributed by atoms with Gasteiger partial charge in [0.05, 0.1) is 36.1 Å². The summed E-state index contributed by atoms with van der Waals surface area (Å²) < 4.78 is 20.0. The van der Waals surface area contributed by atoms with Gasteiger partial charge < -0.3 is 14.6 Å². The summed E-state index contributed by atoms with van der Waals surface area (Å²) in [5.74, 6) is -0.921. The number of ether oxygens (including phenoxy) is 1. The van der Waals surface area contributed by atoms with Crippen LogP contribution in [0, 0.1) is 28.0 Å². The molecule has 0 spiro atoms. The number of aromatic amines is 1. The number of pyridine rings is 1. The Labute approximate surface area is 169 Å². The zero-order valence-corrected chi connectivity index (χ0v) is 17.0. The third-order valence-electron chi connectivity index (χ3n) is 7.45. The lowest BCUT2D eigenvalue weighted by Crippen LogP contribution is -2.66. The summed E-state index contributed by atoms with van der Waals surface area (Å²) >= 11 is 0. The molecule has 2 aromatic rings. The van der Waals surface area contributed by atoms with E-state index in [4.69, 9.17) is 4.74 Å². The Kier molecular flexibility index (Phi) is 3.77. The van der Waals surface area contributed by atoms with Crippen LogP contribution >= 0.6 is 0 Å². The van der Waals surface area contributed by atoms with E-state index in [0.717, 1.165) is 32.1 Å². The Morgan fingerprint density at radius 2 is 2.10 bits per heavy atom. The molecule has 4 heterocycles. The molecule has 2 aliphatic carbocycles. The minimum Gasteiger partial charge on any atom is -0.492 e. The summed E-state index contributed by atoms with van der Waals surface area (Å²) in [7, 11) is 1.40. The van der Waals surface area contributed by atoms with Crippen molar-refractivity contribution in [3.8, 4) is 11.8 Å². The molecule has 29 heavy (non-hydrogen) atoms. The standard InChI is InChI=1S/C22H25FN4O2/c1-12(15-8-25-19-17(15)18(23)16(29-3)9-26-19)20(28)27-13-4-21(2)5-14(27)7-22(6-13,10-21)11-24/h8-9,12-14H,4-7,10H2,1-3H3,(H,25,26). The van der Waals surface area contributed by atoms with Crippen molar-refractivity contribution in [1.29, 1.82) is 5.26 Å². The molecule has 3 unspecified atom stereocenters. The Hall–Kier alpha value is -2.62. The molecule has 2 aliphatic heterocycles. The van der Waals surface area contributed by atoms with Crippen LogP contribution < -0.4 is 4.74 Å². The molecule has 0 aromatic carbocycles. The molecule has 1 amide bonds. The zero-order valence-electron chi connectivity index (χ0n) is 17.0. The second kappa shape index (κ2) is 5.94. The second-order valence-electron chi connectivity index (χ2n) is 9.58. The number of carbonyl (C=O) groups excluding carboxylic acids is 1. The van der Waals surface area contributed by atoms with Gasteiger partial charge in [-0.25, -0.2) is 9.37 Å². The molecular formula is C22H25FN4O2. The van der Waals surface area contributed by atoms with Crippen molar-refractivity contribution in [3.63, 3.8) is 0 Å². The molecule has 2 saturated heterocycles. The van der Waals surface area contributed by atoms with Crippen molar-refractivity contribution >= 4 is 16.9 Å². The van der Waals surface area contributed by atoms with Gasteiger partial charge in [0.15, 0.2) is 11.6 Å². The number of halogens is 1. The van der Waals surface area contributed by atoms with Crippen LogP contribution in [-0.2, 0) is 4.79 Å². The second-order valence-corrected chi connectivity index (χ2v) is 9.58. The normalized spacial score (nSPS) is 33.7. The minimum absolute atomic E-state index is 0.0126. The average Bonchev–Trinajstić information content (AvgIpc) is 3.11. The Morgan fingerprint density at radius 1 is 1.41 bits per heavy atom. The lowest BCUT2D eigenvalue weighted by molar-refractivity contribution is -0.164. The van der Waals surface area contributed by atoms with Gasteiger partial charge in [-0.2, -0.15) is 5.26 Å². The zero-order chi connectivity index (χ0) is 20.6. The Bertz CT molecular complexity index is 1040. The van der Waals surface area contributed by atoms with Gasteiger partial charge in [0.1, 0.15) is 5.65 Å². The molecule has 2 saturated carbocycles. The van der Waals surface area contributed by atoms with Crippen molar-refractivity contribution in [2.24, 2.45) is 10.8 Å². The smallest absolute Gasteiger partial charge is 0.230 e. The molecule has 4 aliphatic rings. The number of nitrogens with one attached hydrogen (secondary N) is 1. The van der Waals surface area contributed by atoms with Crippen LogP contribution in [0.5, 0.6) is 5.75 Å². The lowest BCUT2D eigenvalue weighted by Gasteiger charge is -2.63. The third kappa shape index (κ3) is 2.51. The first-order valence-corrected chi connectivity index (χ1v) is 10.2. The summed E-state index contributed by atoms with van der Waals surface area (Å²) in [5.41, 5.74) is 0.870. The molecule has 6 nitrogen and oxygen atoms in total. The van der Waals surface area contributed by atoms with E-state index in [1.165, 1.54) is 13.3 Å². The summed E-state index contributed by atoms with van der Waals surface area (Å²) in [6.45, 7) is 4.09. The number of fused-ring (bicyclic) bond motifs is 1. The van der Waals surface area contributed by atoms with Gasteiger partial charge in [-0.15, -0.1) is 0 Å². The van der Waals surface area contributed by atoms with E-state index in [1.54, 1.807) is 6.20 Å². The quantitative estimate of drug-likeness (QED) is 0.853. The molecule has 4 fully saturated rings. The maximum Gasteiger partial charge on any atom is 0.230 e.